The molecule has 5 rings (SSSR count). The molecule has 4 aromatic rings. The van der Waals surface area contributed by atoms with Crippen molar-refractivity contribution in [2.75, 3.05) is 44.1 Å². The average Bonchev–Trinajstić information content (AvgIpc) is 3.55. The Labute approximate surface area is 248 Å². The number of hydrogen-bond acceptors (Lipinski definition) is 8. The summed E-state index contributed by atoms with van der Waals surface area (Å²) in [6.07, 6.45) is 5.03. The van der Waals surface area contributed by atoms with Crippen molar-refractivity contribution in [2.45, 2.75) is 19.0 Å². The number of rotatable bonds is 9. The number of anilines is 2. The monoisotopic (exact) mass is 590 g/mol. The van der Waals surface area contributed by atoms with Crippen LogP contribution in [0.4, 0.5) is 16.3 Å². The van der Waals surface area contributed by atoms with Crippen LogP contribution in [0.15, 0.2) is 73.3 Å². The van der Waals surface area contributed by atoms with Gasteiger partial charge in [0.05, 0.1) is 20.3 Å². The molecule has 3 heterocycles. The van der Waals surface area contributed by atoms with Gasteiger partial charge in [-0.1, -0.05) is 29.8 Å². The standard InChI is InChI=1S/C29H31ClN8O4/c1-41-23-8-9-24(42-2)20(14-23)17-32-27(39)15-22-18-36(29(40)33-21-6-4-3-5-7-21)12-13-38(22)26-16-25(30)34-28(35-26)37-11-10-31-19-37/h3-11,14,16,19,22H,12-13,15,17-18H2,1-2H3,(H,32,39)(H,33,40). The van der Waals surface area contributed by atoms with Crippen molar-refractivity contribution in [3.05, 3.63) is 84.0 Å². The summed E-state index contributed by atoms with van der Waals surface area (Å²) in [6.45, 7) is 1.38. The first-order chi connectivity index (χ1) is 20.4. The molecule has 12 nitrogen and oxygen atoms in total. The third kappa shape index (κ3) is 6.89. The number of carbonyl (C=O) groups excluding carboxylic acids is 2. The van der Waals surface area contributed by atoms with Gasteiger partial charge < -0.3 is 29.9 Å². The summed E-state index contributed by atoms with van der Waals surface area (Å²) in [5, 5.41) is 6.17. The zero-order chi connectivity index (χ0) is 29.5. The lowest BCUT2D eigenvalue weighted by Gasteiger charge is -2.42. The number of ether oxygens (including phenoxy) is 2. The van der Waals surface area contributed by atoms with Gasteiger partial charge in [-0.05, 0) is 30.3 Å². The third-order valence-electron chi connectivity index (χ3n) is 6.88. The molecule has 0 aliphatic carbocycles. The Hall–Kier alpha value is -4.84. The lowest BCUT2D eigenvalue weighted by Crippen LogP contribution is -2.57. The highest BCUT2D eigenvalue weighted by molar-refractivity contribution is 6.29. The maximum atomic E-state index is 13.3. The van der Waals surface area contributed by atoms with E-state index in [-0.39, 0.29) is 36.6 Å². The Balaban J connectivity index is 1.35. The smallest absolute Gasteiger partial charge is 0.321 e. The molecule has 13 heteroatoms. The predicted molar refractivity (Wildman–Crippen MR) is 158 cm³/mol. The van der Waals surface area contributed by atoms with E-state index in [4.69, 9.17) is 26.1 Å². The molecule has 1 fully saturated rings. The minimum atomic E-state index is -0.394. The van der Waals surface area contributed by atoms with Crippen molar-refractivity contribution in [3.8, 4) is 17.4 Å². The number of urea groups is 1. The third-order valence-corrected chi connectivity index (χ3v) is 7.07. The van der Waals surface area contributed by atoms with Crippen LogP contribution >= 0.6 is 11.6 Å². The molecule has 2 aromatic heterocycles. The summed E-state index contributed by atoms with van der Waals surface area (Å²) >= 11 is 6.39. The molecule has 0 spiro atoms. The Bertz CT molecular complexity index is 1520. The molecule has 0 radical (unpaired) electrons. The maximum absolute atomic E-state index is 13.3. The van der Waals surface area contributed by atoms with E-state index >= 15 is 0 Å². The summed E-state index contributed by atoms with van der Waals surface area (Å²) in [5.41, 5.74) is 1.47. The molecule has 0 bridgehead atoms. The van der Waals surface area contributed by atoms with Crippen LogP contribution in [0.3, 0.4) is 0 Å². The largest absolute Gasteiger partial charge is 0.497 e. The Morgan fingerprint density at radius 1 is 1.05 bits per heavy atom. The molecular weight excluding hydrogens is 560 g/mol. The lowest BCUT2D eigenvalue weighted by atomic mass is 10.1. The quantitative estimate of drug-likeness (QED) is 0.282. The van der Waals surface area contributed by atoms with Crippen molar-refractivity contribution in [1.82, 2.24) is 29.7 Å². The molecule has 0 saturated carbocycles. The molecule has 42 heavy (non-hydrogen) atoms. The van der Waals surface area contributed by atoms with E-state index in [2.05, 4.69) is 20.6 Å². The van der Waals surface area contributed by atoms with Crippen molar-refractivity contribution >= 4 is 35.0 Å². The number of benzene rings is 2. The summed E-state index contributed by atoms with van der Waals surface area (Å²) in [5.74, 6) is 2.01. The van der Waals surface area contributed by atoms with E-state index in [1.807, 2.05) is 41.3 Å². The van der Waals surface area contributed by atoms with Gasteiger partial charge in [-0.2, -0.15) is 4.98 Å². The predicted octanol–water partition coefficient (Wildman–Crippen LogP) is 3.76. The van der Waals surface area contributed by atoms with E-state index in [0.717, 1.165) is 5.56 Å². The van der Waals surface area contributed by atoms with E-state index in [9.17, 15) is 9.59 Å². The summed E-state index contributed by atoms with van der Waals surface area (Å²) in [6, 6.07) is 15.7. The van der Waals surface area contributed by atoms with E-state index in [1.54, 1.807) is 60.6 Å². The van der Waals surface area contributed by atoms with Gasteiger partial charge in [-0.25, -0.2) is 14.8 Å². The van der Waals surface area contributed by atoms with Crippen LogP contribution in [0.25, 0.3) is 5.95 Å². The highest BCUT2D eigenvalue weighted by Crippen LogP contribution is 2.26. The molecule has 1 unspecified atom stereocenters. The topological polar surface area (TPSA) is 127 Å². The van der Waals surface area contributed by atoms with Crippen LogP contribution in [0.1, 0.15) is 12.0 Å². The number of hydrogen-bond donors (Lipinski definition) is 2. The summed E-state index contributed by atoms with van der Waals surface area (Å²) in [4.78, 5) is 43.2. The fourth-order valence-electron chi connectivity index (χ4n) is 4.77. The molecule has 2 N–H and O–H groups in total. The molecular formula is C29H31ClN8O4. The zero-order valence-electron chi connectivity index (χ0n) is 23.2. The van der Waals surface area contributed by atoms with Gasteiger partial charge in [0.15, 0.2) is 0 Å². The average molecular weight is 591 g/mol. The van der Waals surface area contributed by atoms with Crippen molar-refractivity contribution in [3.63, 3.8) is 0 Å². The fourth-order valence-corrected chi connectivity index (χ4v) is 4.95. The van der Waals surface area contributed by atoms with E-state index in [1.165, 1.54) is 0 Å². The summed E-state index contributed by atoms with van der Waals surface area (Å²) < 4.78 is 12.4. The van der Waals surface area contributed by atoms with Crippen LogP contribution in [-0.4, -0.2) is 76.3 Å². The Morgan fingerprint density at radius 3 is 2.62 bits per heavy atom. The number of para-hydroxylation sites is 1. The number of nitrogens with zero attached hydrogens (tertiary/aromatic N) is 6. The van der Waals surface area contributed by atoms with E-state index < -0.39 is 6.04 Å². The molecule has 1 aliphatic heterocycles. The molecule has 1 aliphatic rings. The van der Waals surface area contributed by atoms with Crippen LogP contribution in [-0.2, 0) is 11.3 Å². The number of halogens is 1. The first kappa shape index (κ1) is 28.7. The Morgan fingerprint density at radius 2 is 1.88 bits per heavy atom. The first-order valence-corrected chi connectivity index (χ1v) is 13.7. The number of amides is 3. The van der Waals surface area contributed by atoms with Gasteiger partial charge in [0, 0.05) is 62.3 Å². The number of nitrogens with one attached hydrogen (secondary N) is 2. The van der Waals surface area contributed by atoms with Crippen LogP contribution in [0.5, 0.6) is 11.5 Å². The normalized spacial score (nSPS) is 14.8. The van der Waals surface area contributed by atoms with E-state index in [0.29, 0.717) is 42.0 Å². The molecule has 2 aromatic carbocycles. The number of carbonyl (C=O) groups is 2. The van der Waals surface area contributed by atoms with Crippen LogP contribution in [0.2, 0.25) is 5.15 Å². The van der Waals surface area contributed by atoms with Crippen molar-refractivity contribution < 1.29 is 19.1 Å². The Kier molecular flexibility index (Phi) is 9.02. The van der Waals surface area contributed by atoms with Crippen LogP contribution < -0.4 is 25.0 Å². The van der Waals surface area contributed by atoms with Gasteiger partial charge >= 0.3 is 6.03 Å². The second-order valence-corrected chi connectivity index (χ2v) is 9.95. The fraction of sp³-hybridized carbons (Fsp3) is 0.276. The second-order valence-electron chi connectivity index (χ2n) is 9.57. The minimum absolute atomic E-state index is 0.101. The van der Waals surface area contributed by atoms with Crippen molar-refractivity contribution in [2.24, 2.45) is 0 Å². The van der Waals surface area contributed by atoms with Gasteiger partial charge in [0.2, 0.25) is 11.9 Å². The van der Waals surface area contributed by atoms with Crippen LogP contribution in [0, 0.1) is 0 Å². The lowest BCUT2D eigenvalue weighted by molar-refractivity contribution is -0.121. The van der Waals surface area contributed by atoms with Gasteiger partial charge in [-0.3, -0.25) is 9.36 Å². The highest BCUT2D eigenvalue weighted by atomic mass is 35.5. The SMILES string of the molecule is COc1ccc(OC)c(CNC(=O)CC2CN(C(=O)Nc3ccccc3)CCN2c2cc(Cl)nc(-n3ccnc3)n2)c1. The zero-order valence-corrected chi connectivity index (χ0v) is 24.0. The minimum Gasteiger partial charge on any atom is -0.497 e. The molecule has 218 valence electrons. The molecule has 1 atom stereocenters. The maximum Gasteiger partial charge on any atom is 0.321 e. The van der Waals surface area contributed by atoms with Gasteiger partial charge in [-0.15, -0.1) is 0 Å². The number of piperazine rings is 1. The molecule has 3 amide bonds. The van der Waals surface area contributed by atoms with Gasteiger partial charge in [0.25, 0.3) is 0 Å². The highest BCUT2D eigenvalue weighted by Gasteiger charge is 2.32. The first-order valence-electron chi connectivity index (χ1n) is 13.3. The number of aromatic nitrogens is 4. The second kappa shape index (κ2) is 13.2. The summed E-state index contributed by atoms with van der Waals surface area (Å²) in [7, 11) is 3.16. The number of methoxy groups -OCH3 is 2. The molecule has 1 saturated heterocycles. The van der Waals surface area contributed by atoms with Gasteiger partial charge in [0.1, 0.15) is 28.8 Å². The van der Waals surface area contributed by atoms with Crippen molar-refractivity contribution in [1.29, 1.82) is 0 Å². The number of imidazole rings is 1.